The second-order valence-corrected chi connectivity index (χ2v) is 9.37. The Kier molecular flexibility index (Phi) is 7.10. The minimum Gasteiger partial charge on any atom is -0.441 e. The molecule has 0 spiro atoms. The Morgan fingerprint density at radius 2 is 2.00 bits per heavy atom. The predicted octanol–water partition coefficient (Wildman–Crippen LogP) is 4.18. The quantitative estimate of drug-likeness (QED) is 0.531. The van der Waals surface area contributed by atoms with E-state index in [9.17, 15) is 4.79 Å². The number of hydrogen-bond acceptors (Lipinski definition) is 3. The fourth-order valence-corrected chi connectivity index (χ4v) is 4.61. The highest BCUT2D eigenvalue weighted by atomic mass is 79.9. The molecule has 1 aliphatic heterocycles. The topological polar surface area (TPSA) is 59.6 Å². The second kappa shape index (κ2) is 9.98. The number of aryl methyl sites for hydroxylation is 1. The van der Waals surface area contributed by atoms with Crippen LogP contribution in [0.15, 0.2) is 57.4 Å². The van der Waals surface area contributed by atoms with Crippen molar-refractivity contribution in [1.29, 1.82) is 0 Å². The van der Waals surface area contributed by atoms with Gasteiger partial charge in [0.2, 0.25) is 11.8 Å². The van der Waals surface area contributed by atoms with Crippen LogP contribution in [0.5, 0.6) is 0 Å². The molecule has 0 atom stereocenters. The average molecular weight is 504 g/mol. The third kappa shape index (κ3) is 5.56. The van der Waals surface area contributed by atoms with Crippen molar-refractivity contribution in [1.82, 2.24) is 10.3 Å². The molecule has 1 aliphatic rings. The Hall–Kier alpha value is -2.15. The van der Waals surface area contributed by atoms with Crippen LogP contribution in [0.4, 0.5) is 0 Å². The minimum atomic E-state index is 0.0573. The molecule has 1 amide bonds. The summed E-state index contributed by atoms with van der Waals surface area (Å²) in [7, 11) is 0. The first-order chi connectivity index (χ1) is 15.0. The van der Waals surface area contributed by atoms with Gasteiger partial charge in [0.05, 0.1) is 13.1 Å². The van der Waals surface area contributed by atoms with Crippen molar-refractivity contribution in [3.8, 4) is 11.5 Å². The largest absolute Gasteiger partial charge is 0.441 e. The van der Waals surface area contributed by atoms with E-state index in [-0.39, 0.29) is 11.8 Å². The van der Waals surface area contributed by atoms with Crippen LogP contribution >= 0.6 is 27.5 Å². The van der Waals surface area contributed by atoms with Crippen LogP contribution in [0.1, 0.15) is 29.9 Å². The molecular weight excluding hydrogens is 478 g/mol. The molecule has 3 aromatic rings. The number of carbonyl (C=O) groups is 1. The molecule has 2 aromatic carbocycles. The Labute approximate surface area is 195 Å². The number of hydrogen-bond donors (Lipinski definition) is 2. The number of nitrogens with one attached hydrogen (secondary N) is 2. The lowest BCUT2D eigenvalue weighted by Gasteiger charge is -2.28. The van der Waals surface area contributed by atoms with Gasteiger partial charge in [-0.3, -0.25) is 4.79 Å². The standard InChI is InChI=1S/C24H25BrClN3O2/c1-16-22(28-24(31-16)18-6-4-7-20(25)13-18)15-29-11-9-17(10-12-29)23(30)27-14-19-5-2-3-8-21(19)26/h2-8,13,17H,9-12,14-15H2,1H3,(H,27,30)/p+1. The van der Waals surface area contributed by atoms with E-state index in [1.54, 1.807) is 0 Å². The van der Waals surface area contributed by atoms with Crippen LogP contribution in [-0.2, 0) is 17.9 Å². The monoisotopic (exact) mass is 502 g/mol. The van der Waals surface area contributed by atoms with E-state index >= 15 is 0 Å². The molecule has 0 unspecified atom stereocenters. The Morgan fingerprint density at radius 1 is 1.23 bits per heavy atom. The fraction of sp³-hybridized carbons (Fsp3) is 0.333. The molecule has 31 heavy (non-hydrogen) atoms. The van der Waals surface area contributed by atoms with Crippen molar-refractivity contribution in [2.45, 2.75) is 32.9 Å². The normalized spacial score (nSPS) is 18.7. The Bertz CT molecular complexity index is 1060. The lowest BCUT2D eigenvalue weighted by molar-refractivity contribution is -0.919. The lowest BCUT2D eigenvalue weighted by atomic mass is 9.95. The SMILES string of the molecule is Cc1oc(-c2cccc(Br)c2)nc1C[NH+]1CCC(C(=O)NCc2ccccc2Cl)CC1. The van der Waals surface area contributed by atoms with Gasteiger partial charge in [0.25, 0.3) is 0 Å². The van der Waals surface area contributed by atoms with Gasteiger partial charge >= 0.3 is 0 Å². The average Bonchev–Trinajstić information content (AvgIpc) is 3.14. The van der Waals surface area contributed by atoms with Gasteiger partial charge in [0.1, 0.15) is 18.0 Å². The Morgan fingerprint density at radius 3 is 2.74 bits per heavy atom. The summed E-state index contributed by atoms with van der Waals surface area (Å²) in [6.45, 7) is 5.16. The molecule has 1 aromatic heterocycles. The third-order valence-corrected chi connectivity index (χ3v) is 6.72. The molecule has 1 saturated heterocycles. The van der Waals surface area contributed by atoms with Gasteiger partial charge in [0, 0.05) is 40.4 Å². The number of quaternary nitrogens is 1. The summed E-state index contributed by atoms with van der Waals surface area (Å²) in [6.07, 6.45) is 1.75. The molecule has 0 saturated carbocycles. The molecule has 5 nitrogen and oxygen atoms in total. The summed E-state index contributed by atoms with van der Waals surface area (Å²) >= 11 is 9.68. The number of aromatic nitrogens is 1. The van der Waals surface area contributed by atoms with E-state index in [4.69, 9.17) is 21.0 Å². The first-order valence-corrected chi connectivity index (χ1v) is 11.7. The molecule has 4 rings (SSSR count). The number of benzene rings is 2. The number of piperidine rings is 1. The van der Waals surface area contributed by atoms with Crippen molar-refractivity contribution < 1.29 is 14.1 Å². The number of halogens is 2. The summed E-state index contributed by atoms with van der Waals surface area (Å²) in [5, 5.41) is 3.73. The highest BCUT2D eigenvalue weighted by Crippen LogP contribution is 2.24. The van der Waals surface area contributed by atoms with Crippen LogP contribution in [-0.4, -0.2) is 24.0 Å². The highest BCUT2D eigenvalue weighted by Gasteiger charge is 2.28. The summed E-state index contributed by atoms with van der Waals surface area (Å²) in [6, 6.07) is 15.6. The van der Waals surface area contributed by atoms with Crippen molar-refractivity contribution in [3.05, 3.63) is 75.0 Å². The molecule has 0 bridgehead atoms. The van der Waals surface area contributed by atoms with Gasteiger partial charge in [0.15, 0.2) is 0 Å². The summed E-state index contributed by atoms with van der Waals surface area (Å²) in [5.41, 5.74) is 2.91. The molecular formula is C24H26BrClN3O2+. The zero-order valence-electron chi connectivity index (χ0n) is 17.5. The predicted molar refractivity (Wildman–Crippen MR) is 125 cm³/mol. The minimum absolute atomic E-state index is 0.0573. The number of rotatable bonds is 6. The van der Waals surface area contributed by atoms with E-state index < -0.39 is 0 Å². The first-order valence-electron chi connectivity index (χ1n) is 10.6. The molecule has 7 heteroatoms. The molecule has 0 aliphatic carbocycles. The zero-order valence-corrected chi connectivity index (χ0v) is 19.8. The van der Waals surface area contributed by atoms with E-state index in [0.29, 0.717) is 17.5 Å². The second-order valence-electron chi connectivity index (χ2n) is 8.04. The molecule has 0 radical (unpaired) electrons. The van der Waals surface area contributed by atoms with E-state index in [1.165, 1.54) is 4.90 Å². The van der Waals surface area contributed by atoms with Crippen LogP contribution in [0.3, 0.4) is 0 Å². The lowest BCUT2D eigenvalue weighted by Crippen LogP contribution is -3.12. The van der Waals surface area contributed by atoms with E-state index in [2.05, 4.69) is 21.2 Å². The smallest absolute Gasteiger partial charge is 0.226 e. The maximum absolute atomic E-state index is 12.6. The molecule has 162 valence electrons. The number of likely N-dealkylation sites (tertiary alicyclic amines) is 1. The van der Waals surface area contributed by atoms with Gasteiger partial charge in [-0.25, -0.2) is 4.98 Å². The summed E-state index contributed by atoms with van der Waals surface area (Å²) in [4.78, 5) is 18.8. The van der Waals surface area contributed by atoms with Gasteiger partial charge in [-0.2, -0.15) is 0 Å². The number of amides is 1. The summed E-state index contributed by atoms with van der Waals surface area (Å²) < 4.78 is 6.92. The highest BCUT2D eigenvalue weighted by molar-refractivity contribution is 9.10. The number of carbonyl (C=O) groups excluding carboxylic acids is 1. The van der Waals surface area contributed by atoms with Crippen LogP contribution in [0, 0.1) is 12.8 Å². The van der Waals surface area contributed by atoms with Gasteiger partial charge in [-0.05, 0) is 36.8 Å². The maximum Gasteiger partial charge on any atom is 0.226 e. The van der Waals surface area contributed by atoms with E-state index in [1.807, 2.05) is 55.5 Å². The first kappa shape index (κ1) is 22.1. The van der Waals surface area contributed by atoms with E-state index in [0.717, 1.165) is 59.5 Å². The van der Waals surface area contributed by atoms with Crippen LogP contribution < -0.4 is 10.2 Å². The van der Waals surface area contributed by atoms with Gasteiger partial charge < -0.3 is 14.6 Å². The van der Waals surface area contributed by atoms with Crippen LogP contribution in [0.2, 0.25) is 5.02 Å². The van der Waals surface area contributed by atoms with Crippen molar-refractivity contribution in [2.75, 3.05) is 13.1 Å². The zero-order chi connectivity index (χ0) is 21.8. The Balaban J connectivity index is 1.29. The third-order valence-electron chi connectivity index (χ3n) is 5.86. The van der Waals surface area contributed by atoms with Crippen LogP contribution in [0.25, 0.3) is 11.5 Å². The van der Waals surface area contributed by atoms with Crippen molar-refractivity contribution in [3.63, 3.8) is 0 Å². The van der Waals surface area contributed by atoms with Gasteiger partial charge in [-0.1, -0.05) is 51.8 Å². The molecule has 1 fully saturated rings. The van der Waals surface area contributed by atoms with Crippen molar-refractivity contribution >= 4 is 33.4 Å². The molecule has 2 N–H and O–H groups in total. The fourth-order valence-electron chi connectivity index (χ4n) is 4.01. The summed E-state index contributed by atoms with van der Waals surface area (Å²) in [5.74, 6) is 1.69. The maximum atomic E-state index is 12.6. The van der Waals surface area contributed by atoms with Gasteiger partial charge in [-0.15, -0.1) is 0 Å². The number of oxazole rings is 1. The number of nitrogens with zero attached hydrogens (tertiary/aromatic N) is 1. The molecule has 2 heterocycles. The van der Waals surface area contributed by atoms with Crippen molar-refractivity contribution in [2.24, 2.45) is 5.92 Å².